The summed E-state index contributed by atoms with van der Waals surface area (Å²) in [7, 11) is 0. The lowest BCUT2D eigenvalue weighted by Gasteiger charge is -2.41. The molecule has 1 aliphatic heterocycles. The molecule has 0 amide bonds. The van der Waals surface area contributed by atoms with Crippen molar-refractivity contribution in [2.45, 2.75) is 25.8 Å². The van der Waals surface area contributed by atoms with E-state index in [4.69, 9.17) is 4.74 Å². The molecule has 0 bridgehead atoms. The zero-order chi connectivity index (χ0) is 12.3. The maximum Gasteiger partial charge on any atom is 0.192 e. The van der Waals surface area contributed by atoms with Crippen LogP contribution in [0.4, 0.5) is 0 Å². The molecule has 2 heterocycles. The molecule has 0 spiro atoms. The van der Waals surface area contributed by atoms with Gasteiger partial charge in [-0.2, -0.15) is 0 Å². The van der Waals surface area contributed by atoms with Crippen LogP contribution in [0.25, 0.3) is 0 Å². The highest BCUT2D eigenvalue weighted by molar-refractivity contribution is 7.12. The van der Waals surface area contributed by atoms with Gasteiger partial charge >= 0.3 is 0 Å². The number of morpholine rings is 1. The standard InChI is InChI=1S/C13H19NO2S/c1-3-13(2,14-6-8-16-9-7-14)12(15)11-5-4-10-17-11/h4-5,10H,3,6-9H2,1-2H3. The van der Waals surface area contributed by atoms with Gasteiger partial charge in [0.05, 0.1) is 23.6 Å². The van der Waals surface area contributed by atoms with E-state index in [9.17, 15) is 4.79 Å². The molecule has 1 fully saturated rings. The highest BCUT2D eigenvalue weighted by Gasteiger charge is 2.39. The number of Topliss-reactive ketones (excluding diaryl/α,β-unsaturated/α-hetero) is 1. The number of nitrogens with zero attached hydrogens (tertiary/aromatic N) is 1. The predicted molar refractivity (Wildman–Crippen MR) is 69.7 cm³/mol. The third kappa shape index (κ3) is 2.44. The summed E-state index contributed by atoms with van der Waals surface area (Å²) >= 11 is 1.53. The van der Waals surface area contributed by atoms with Crippen LogP contribution in [0.15, 0.2) is 17.5 Å². The van der Waals surface area contributed by atoms with Crippen molar-refractivity contribution in [3.05, 3.63) is 22.4 Å². The summed E-state index contributed by atoms with van der Waals surface area (Å²) in [5.41, 5.74) is -0.380. The number of ketones is 1. The molecule has 2 rings (SSSR count). The van der Waals surface area contributed by atoms with Crippen molar-refractivity contribution >= 4 is 17.1 Å². The van der Waals surface area contributed by atoms with Gasteiger partial charge < -0.3 is 4.74 Å². The van der Waals surface area contributed by atoms with E-state index in [0.29, 0.717) is 0 Å². The van der Waals surface area contributed by atoms with E-state index >= 15 is 0 Å². The topological polar surface area (TPSA) is 29.5 Å². The number of ether oxygens (including phenoxy) is 1. The monoisotopic (exact) mass is 253 g/mol. The van der Waals surface area contributed by atoms with Crippen LogP contribution in [0.2, 0.25) is 0 Å². The van der Waals surface area contributed by atoms with Crippen molar-refractivity contribution < 1.29 is 9.53 Å². The smallest absolute Gasteiger partial charge is 0.192 e. The van der Waals surface area contributed by atoms with E-state index in [0.717, 1.165) is 37.6 Å². The second-order valence-corrected chi connectivity index (χ2v) is 5.48. The molecule has 0 aromatic carbocycles. The number of carbonyl (C=O) groups excluding carboxylic acids is 1. The molecule has 0 radical (unpaired) electrons. The Balaban J connectivity index is 2.20. The largest absolute Gasteiger partial charge is 0.379 e. The van der Waals surface area contributed by atoms with E-state index in [1.54, 1.807) is 0 Å². The summed E-state index contributed by atoms with van der Waals surface area (Å²) in [6.07, 6.45) is 0.837. The predicted octanol–water partition coefficient (Wildman–Crippen LogP) is 2.43. The maximum atomic E-state index is 12.6. The number of hydrogen-bond donors (Lipinski definition) is 0. The van der Waals surface area contributed by atoms with Crippen molar-refractivity contribution in [2.75, 3.05) is 26.3 Å². The molecule has 17 heavy (non-hydrogen) atoms. The van der Waals surface area contributed by atoms with Gasteiger partial charge in [0, 0.05) is 13.1 Å². The lowest BCUT2D eigenvalue weighted by molar-refractivity contribution is -0.0104. The first-order valence-corrected chi connectivity index (χ1v) is 6.97. The van der Waals surface area contributed by atoms with Crippen LogP contribution in [-0.2, 0) is 4.74 Å². The van der Waals surface area contributed by atoms with Crippen LogP contribution in [0.3, 0.4) is 0 Å². The molecule has 1 atom stereocenters. The molecule has 94 valence electrons. The fourth-order valence-electron chi connectivity index (χ4n) is 2.26. The van der Waals surface area contributed by atoms with Gasteiger partial charge in [0.2, 0.25) is 0 Å². The second-order valence-electron chi connectivity index (χ2n) is 4.53. The Labute approximate surface area is 106 Å². The third-order valence-electron chi connectivity index (χ3n) is 3.63. The minimum atomic E-state index is -0.380. The normalized spacial score (nSPS) is 21.1. The van der Waals surface area contributed by atoms with E-state index in [1.165, 1.54) is 11.3 Å². The van der Waals surface area contributed by atoms with Gasteiger partial charge in [-0.25, -0.2) is 0 Å². The fraction of sp³-hybridized carbons (Fsp3) is 0.615. The second kappa shape index (κ2) is 5.29. The third-order valence-corrected chi connectivity index (χ3v) is 4.50. The first-order valence-electron chi connectivity index (χ1n) is 6.09. The molecule has 1 aromatic heterocycles. The Morgan fingerprint density at radius 3 is 2.76 bits per heavy atom. The van der Waals surface area contributed by atoms with Crippen LogP contribution in [0.5, 0.6) is 0 Å². The van der Waals surface area contributed by atoms with Crippen molar-refractivity contribution in [3.8, 4) is 0 Å². The maximum absolute atomic E-state index is 12.6. The van der Waals surface area contributed by atoms with Gasteiger partial charge in [-0.1, -0.05) is 13.0 Å². The van der Waals surface area contributed by atoms with Gasteiger partial charge in [0.25, 0.3) is 0 Å². The molecule has 4 heteroatoms. The molecule has 3 nitrogen and oxygen atoms in total. The quantitative estimate of drug-likeness (QED) is 0.772. The van der Waals surface area contributed by atoms with E-state index in [-0.39, 0.29) is 11.3 Å². The van der Waals surface area contributed by atoms with Crippen molar-refractivity contribution in [1.29, 1.82) is 0 Å². The van der Waals surface area contributed by atoms with Gasteiger partial charge in [0.1, 0.15) is 0 Å². The molecular formula is C13H19NO2S. The average Bonchev–Trinajstić information content (AvgIpc) is 2.92. The Kier molecular flexibility index (Phi) is 3.97. The zero-order valence-electron chi connectivity index (χ0n) is 10.4. The van der Waals surface area contributed by atoms with Crippen LogP contribution in [0, 0.1) is 0 Å². The summed E-state index contributed by atoms with van der Waals surface area (Å²) in [6.45, 7) is 7.30. The minimum absolute atomic E-state index is 0.247. The van der Waals surface area contributed by atoms with Gasteiger partial charge in [-0.3, -0.25) is 9.69 Å². The van der Waals surface area contributed by atoms with Crippen molar-refractivity contribution in [2.24, 2.45) is 0 Å². The molecule has 0 aliphatic carbocycles. The number of carbonyl (C=O) groups is 1. The number of thiophene rings is 1. The molecule has 0 saturated carbocycles. The van der Waals surface area contributed by atoms with Crippen molar-refractivity contribution in [1.82, 2.24) is 4.90 Å². The SMILES string of the molecule is CCC(C)(C(=O)c1cccs1)N1CCOCC1. The fourth-order valence-corrected chi connectivity index (χ4v) is 3.05. The van der Waals surface area contributed by atoms with Crippen LogP contribution in [-0.4, -0.2) is 42.5 Å². The summed E-state index contributed by atoms with van der Waals surface area (Å²) < 4.78 is 5.36. The van der Waals surface area contributed by atoms with Gasteiger partial charge in [-0.15, -0.1) is 11.3 Å². The van der Waals surface area contributed by atoms with Gasteiger partial charge in [0.15, 0.2) is 5.78 Å². The van der Waals surface area contributed by atoms with Crippen LogP contribution >= 0.6 is 11.3 Å². The average molecular weight is 253 g/mol. The van der Waals surface area contributed by atoms with Crippen LogP contribution < -0.4 is 0 Å². The molecule has 1 saturated heterocycles. The van der Waals surface area contributed by atoms with E-state index < -0.39 is 0 Å². The summed E-state index contributed by atoms with van der Waals surface area (Å²) in [6, 6.07) is 3.86. The first kappa shape index (κ1) is 12.7. The number of hydrogen-bond acceptors (Lipinski definition) is 4. The van der Waals surface area contributed by atoms with E-state index in [1.807, 2.05) is 17.5 Å². The van der Waals surface area contributed by atoms with Crippen LogP contribution in [0.1, 0.15) is 29.9 Å². The Bertz CT molecular complexity index is 371. The lowest BCUT2D eigenvalue weighted by atomic mass is 9.89. The first-order chi connectivity index (χ1) is 8.18. The van der Waals surface area contributed by atoms with Gasteiger partial charge in [-0.05, 0) is 24.8 Å². The molecule has 1 unspecified atom stereocenters. The lowest BCUT2D eigenvalue weighted by Crippen LogP contribution is -2.55. The highest BCUT2D eigenvalue weighted by atomic mass is 32.1. The molecule has 1 aliphatic rings. The Hall–Kier alpha value is -0.710. The Morgan fingerprint density at radius 2 is 2.24 bits per heavy atom. The minimum Gasteiger partial charge on any atom is -0.379 e. The summed E-state index contributed by atoms with van der Waals surface area (Å²) in [5.74, 6) is 0.247. The highest BCUT2D eigenvalue weighted by Crippen LogP contribution is 2.27. The zero-order valence-corrected chi connectivity index (χ0v) is 11.3. The summed E-state index contributed by atoms with van der Waals surface area (Å²) in [4.78, 5) is 15.7. The molecule has 1 aromatic rings. The van der Waals surface area contributed by atoms with Crippen molar-refractivity contribution in [3.63, 3.8) is 0 Å². The van der Waals surface area contributed by atoms with E-state index in [2.05, 4.69) is 18.7 Å². The summed E-state index contributed by atoms with van der Waals surface area (Å²) in [5, 5.41) is 1.96. The molecule has 0 N–H and O–H groups in total. The number of rotatable bonds is 4. The Morgan fingerprint density at radius 1 is 1.53 bits per heavy atom. The molecular weight excluding hydrogens is 234 g/mol.